The normalized spacial score (nSPS) is 15.7. The Balaban J connectivity index is 1.79. The van der Waals surface area contributed by atoms with E-state index in [2.05, 4.69) is 4.98 Å². The van der Waals surface area contributed by atoms with E-state index in [1.54, 1.807) is 12.3 Å². The van der Waals surface area contributed by atoms with Crippen molar-refractivity contribution in [3.63, 3.8) is 0 Å². The van der Waals surface area contributed by atoms with Crippen LogP contribution in [0.25, 0.3) is 0 Å². The lowest BCUT2D eigenvalue weighted by atomic mass is 10.3. The van der Waals surface area contributed by atoms with Crippen LogP contribution in [0.4, 0.5) is 5.82 Å². The lowest BCUT2D eigenvalue weighted by molar-refractivity contribution is 0.302. The summed E-state index contributed by atoms with van der Waals surface area (Å²) in [5, 5.41) is 0. The zero-order valence-corrected chi connectivity index (χ0v) is 7.57. The quantitative estimate of drug-likeness (QED) is 0.765. The maximum absolute atomic E-state index is 5.52. The summed E-state index contributed by atoms with van der Waals surface area (Å²) in [4.78, 5) is 3.89. The van der Waals surface area contributed by atoms with Gasteiger partial charge in [-0.15, -0.1) is 0 Å². The highest BCUT2D eigenvalue weighted by Crippen LogP contribution is 2.32. The first-order valence-electron chi connectivity index (χ1n) is 4.69. The molecule has 1 aromatic rings. The minimum atomic E-state index is 0.518. The number of ether oxygens (including phenoxy) is 1. The van der Waals surface area contributed by atoms with Gasteiger partial charge in [-0.05, 0) is 18.4 Å². The molecule has 0 aromatic carbocycles. The number of nitrogen functional groups attached to an aromatic ring is 1. The summed E-state index contributed by atoms with van der Waals surface area (Å²) in [6.45, 7) is 0.800. The van der Waals surface area contributed by atoms with Gasteiger partial charge in [0, 0.05) is 12.3 Å². The first-order chi connectivity index (χ1) is 6.34. The average molecular weight is 178 g/mol. The summed E-state index contributed by atoms with van der Waals surface area (Å²) in [7, 11) is 0. The second-order valence-electron chi connectivity index (χ2n) is 3.50. The van der Waals surface area contributed by atoms with Gasteiger partial charge in [-0.2, -0.15) is 0 Å². The van der Waals surface area contributed by atoms with E-state index in [1.807, 2.05) is 6.07 Å². The molecule has 1 aliphatic rings. The topological polar surface area (TPSA) is 48.1 Å². The predicted molar refractivity (Wildman–Crippen MR) is 51.5 cm³/mol. The molecule has 0 spiro atoms. The van der Waals surface area contributed by atoms with Gasteiger partial charge in [-0.25, -0.2) is 4.98 Å². The molecule has 0 saturated heterocycles. The molecule has 0 atom stereocenters. The van der Waals surface area contributed by atoms with Gasteiger partial charge in [-0.3, -0.25) is 0 Å². The Labute approximate surface area is 77.9 Å². The fourth-order valence-electron chi connectivity index (χ4n) is 1.27. The van der Waals surface area contributed by atoms with Crippen molar-refractivity contribution < 1.29 is 4.74 Å². The summed E-state index contributed by atoms with van der Waals surface area (Å²) in [5.74, 6) is 2.26. The van der Waals surface area contributed by atoms with Crippen LogP contribution < -0.4 is 10.5 Å². The molecule has 0 unspecified atom stereocenters. The minimum Gasteiger partial charge on any atom is -0.493 e. The third-order valence-corrected chi connectivity index (χ3v) is 2.24. The molecule has 70 valence electrons. The van der Waals surface area contributed by atoms with Gasteiger partial charge in [0.25, 0.3) is 0 Å². The molecule has 2 N–H and O–H groups in total. The van der Waals surface area contributed by atoms with Gasteiger partial charge in [0.1, 0.15) is 11.6 Å². The lowest BCUT2D eigenvalue weighted by Crippen LogP contribution is -1.99. The number of pyridine rings is 1. The highest BCUT2D eigenvalue weighted by atomic mass is 16.5. The van der Waals surface area contributed by atoms with Crippen LogP contribution in [-0.2, 0) is 0 Å². The Bertz CT molecular complexity index is 284. The third-order valence-electron chi connectivity index (χ3n) is 2.24. The van der Waals surface area contributed by atoms with Crippen molar-refractivity contribution in [2.45, 2.75) is 19.3 Å². The molecule has 1 aliphatic carbocycles. The molecule has 0 bridgehead atoms. The minimum absolute atomic E-state index is 0.518. The summed E-state index contributed by atoms with van der Waals surface area (Å²) in [5.41, 5.74) is 5.51. The van der Waals surface area contributed by atoms with Crippen molar-refractivity contribution in [3.8, 4) is 5.75 Å². The molecule has 3 nitrogen and oxygen atoms in total. The maximum atomic E-state index is 5.52. The number of nitrogens with zero attached hydrogens (tertiary/aromatic N) is 1. The van der Waals surface area contributed by atoms with Crippen molar-refractivity contribution in [1.82, 2.24) is 4.98 Å². The molecular formula is C10H14N2O. The smallest absolute Gasteiger partial charge is 0.126 e. The molecular weight excluding hydrogens is 164 g/mol. The molecule has 0 radical (unpaired) electrons. The van der Waals surface area contributed by atoms with Crippen molar-refractivity contribution in [1.29, 1.82) is 0 Å². The summed E-state index contributed by atoms with van der Waals surface area (Å²) in [6, 6.07) is 3.59. The van der Waals surface area contributed by atoms with E-state index in [0.29, 0.717) is 5.82 Å². The number of anilines is 1. The van der Waals surface area contributed by atoms with E-state index in [0.717, 1.165) is 18.3 Å². The van der Waals surface area contributed by atoms with Gasteiger partial charge >= 0.3 is 0 Å². The van der Waals surface area contributed by atoms with Crippen LogP contribution in [0.2, 0.25) is 0 Å². The van der Waals surface area contributed by atoms with Gasteiger partial charge in [0.05, 0.1) is 6.61 Å². The molecule has 0 amide bonds. The Morgan fingerprint density at radius 2 is 2.38 bits per heavy atom. The Morgan fingerprint density at radius 3 is 3.08 bits per heavy atom. The van der Waals surface area contributed by atoms with E-state index >= 15 is 0 Å². The summed E-state index contributed by atoms with van der Waals surface area (Å²) in [6.07, 6.45) is 5.59. The Hall–Kier alpha value is -1.25. The standard InChI is InChI=1S/C10H14N2O/c11-10-7-9(3-5-12-10)13-6-4-8-1-2-8/h3,5,7-8H,1-2,4,6H2,(H2,11,12). The second-order valence-corrected chi connectivity index (χ2v) is 3.50. The highest BCUT2D eigenvalue weighted by molar-refractivity contribution is 5.35. The zero-order chi connectivity index (χ0) is 9.10. The van der Waals surface area contributed by atoms with Gasteiger partial charge in [-0.1, -0.05) is 12.8 Å². The number of hydrogen-bond acceptors (Lipinski definition) is 3. The first kappa shape index (κ1) is 8.35. The molecule has 3 heteroatoms. The zero-order valence-electron chi connectivity index (χ0n) is 7.57. The van der Waals surface area contributed by atoms with Crippen LogP contribution in [0.15, 0.2) is 18.3 Å². The van der Waals surface area contributed by atoms with E-state index in [-0.39, 0.29) is 0 Å². The van der Waals surface area contributed by atoms with Crippen LogP contribution in [0, 0.1) is 5.92 Å². The second kappa shape index (κ2) is 3.64. The fourth-order valence-corrected chi connectivity index (χ4v) is 1.27. The average Bonchev–Trinajstić information content (AvgIpc) is 2.88. The largest absolute Gasteiger partial charge is 0.493 e. The first-order valence-corrected chi connectivity index (χ1v) is 4.69. The maximum Gasteiger partial charge on any atom is 0.126 e. The SMILES string of the molecule is Nc1cc(OCCC2CC2)ccn1. The summed E-state index contributed by atoms with van der Waals surface area (Å²) < 4.78 is 5.52. The Kier molecular flexibility index (Phi) is 2.34. The van der Waals surface area contributed by atoms with E-state index in [9.17, 15) is 0 Å². The monoisotopic (exact) mass is 178 g/mol. The molecule has 1 saturated carbocycles. The summed E-state index contributed by atoms with van der Waals surface area (Å²) >= 11 is 0. The van der Waals surface area contributed by atoms with E-state index in [1.165, 1.54) is 19.3 Å². The van der Waals surface area contributed by atoms with Crippen LogP contribution in [0.3, 0.4) is 0 Å². The number of rotatable bonds is 4. The van der Waals surface area contributed by atoms with Crippen LogP contribution in [-0.4, -0.2) is 11.6 Å². The van der Waals surface area contributed by atoms with E-state index < -0.39 is 0 Å². The van der Waals surface area contributed by atoms with Gasteiger partial charge in [0.2, 0.25) is 0 Å². The van der Waals surface area contributed by atoms with Crippen molar-refractivity contribution in [2.75, 3.05) is 12.3 Å². The molecule has 0 aliphatic heterocycles. The predicted octanol–water partition coefficient (Wildman–Crippen LogP) is 1.84. The van der Waals surface area contributed by atoms with Crippen LogP contribution in [0.5, 0.6) is 5.75 Å². The fraction of sp³-hybridized carbons (Fsp3) is 0.500. The number of hydrogen-bond donors (Lipinski definition) is 1. The third kappa shape index (κ3) is 2.61. The highest BCUT2D eigenvalue weighted by Gasteiger charge is 2.20. The lowest BCUT2D eigenvalue weighted by Gasteiger charge is -2.04. The van der Waals surface area contributed by atoms with Gasteiger partial charge in [0.15, 0.2) is 0 Å². The molecule has 1 aromatic heterocycles. The van der Waals surface area contributed by atoms with E-state index in [4.69, 9.17) is 10.5 Å². The van der Waals surface area contributed by atoms with Crippen LogP contribution in [0.1, 0.15) is 19.3 Å². The molecule has 2 rings (SSSR count). The number of nitrogens with two attached hydrogens (primary N) is 1. The molecule has 13 heavy (non-hydrogen) atoms. The van der Waals surface area contributed by atoms with Gasteiger partial charge < -0.3 is 10.5 Å². The van der Waals surface area contributed by atoms with Crippen LogP contribution >= 0.6 is 0 Å². The Morgan fingerprint density at radius 1 is 1.54 bits per heavy atom. The molecule has 1 fully saturated rings. The van der Waals surface area contributed by atoms with Crippen molar-refractivity contribution >= 4 is 5.82 Å². The van der Waals surface area contributed by atoms with Crippen molar-refractivity contribution in [3.05, 3.63) is 18.3 Å². The molecule has 1 heterocycles. The van der Waals surface area contributed by atoms with Crippen molar-refractivity contribution in [2.24, 2.45) is 5.92 Å². The number of aromatic nitrogens is 1.